The van der Waals surface area contributed by atoms with E-state index in [1.165, 1.54) is 0 Å². The molecule has 1 saturated carbocycles. The molecule has 0 bridgehead atoms. The molecule has 1 fully saturated rings. The van der Waals surface area contributed by atoms with Gasteiger partial charge in [-0.25, -0.2) is 0 Å². The molecular formula is C4H6BrNO2. The molecule has 0 amide bonds. The van der Waals surface area contributed by atoms with Gasteiger partial charge in [0, 0.05) is 33.7 Å². The first-order valence-corrected chi connectivity index (χ1v) is 3.28. The second-order valence-electron chi connectivity index (χ2n) is 2.03. The third-order valence-corrected chi connectivity index (χ3v) is 2.53. The highest BCUT2D eigenvalue weighted by atomic mass is 79.9. The first-order chi connectivity index (χ1) is 3.65. The monoisotopic (exact) mass is 179 g/mol. The summed E-state index contributed by atoms with van der Waals surface area (Å²) in [5, 5.41) is 10.1. The normalized spacial score (nSPS) is 24.1. The molecule has 0 heterocycles. The third-order valence-electron chi connectivity index (χ3n) is 1.45. The van der Waals surface area contributed by atoms with Gasteiger partial charge in [-0.05, 0) is 6.42 Å². The van der Waals surface area contributed by atoms with Crippen molar-refractivity contribution >= 4 is 15.9 Å². The molecule has 0 N–H and O–H groups in total. The maximum atomic E-state index is 10.1. The SMILES string of the molecule is O=[N+]([O-])C1(Br)CCC1. The van der Waals surface area contributed by atoms with Gasteiger partial charge in [0.1, 0.15) is 0 Å². The van der Waals surface area contributed by atoms with E-state index in [-0.39, 0.29) is 4.92 Å². The Morgan fingerprint density at radius 2 is 2.12 bits per heavy atom. The molecule has 1 aliphatic rings. The summed E-state index contributed by atoms with van der Waals surface area (Å²) in [4.78, 5) is 9.81. The Morgan fingerprint density at radius 3 is 2.12 bits per heavy atom. The van der Waals surface area contributed by atoms with Crippen LogP contribution in [0.2, 0.25) is 0 Å². The highest BCUT2D eigenvalue weighted by Crippen LogP contribution is 2.40. The molecule has 4 heteroatoms. The van der Waals surface area contributed by atoms with Gasteiger partial charge < -0.3 is 0 Å². The summed E-state index contributed by atoms with van der Waals surface area (Å²) in [6.45, 7) is 0. The summed E-state index contributed by atoms with van der Waals surface area (Å²) in [6, 6.07) is 0. The van der Waals surface area contributed by atoms with E-state index < -0.39 is 4.45 Å². The lowest BCUT2D eigenvalue weighted by molar-refractivity contribution is -0.549. The second-order valence-corrected chi connectivity index (χ2v) is 3.50. The van der Waals surface area contributed by atoms with Gasteiger partial charge in [-0.15, -0.1) is 0 Å². The molecule has 0 radical (unpaired) electrons. The Balaban J connectivity index is 2.53. The van der Waals surface area contributed by atoms with Gasteiger partial charge in [0.05, 0.1) is 0 Å². The van der Waals surface area contributed by atoms with E-state index in [1.807, 2.05) is 0 Å². The van der Waals surface area contributed by atoms with E-state index >= 15 is 0 Å². The van der Waals surface area contributed by atoms with Crippen LogP contribution in [0.25, 0.3) is 0 Å². The highest BCUT2D eigenvalue weighted by molar-refractivity contribution is 9.10. The van der Waals surface area contributed by atoms with Crippen molar-refractivity contribution in [1.82, 2.24) is 0 Å². The third kappa shape index (κ3) is 0.727. The number of hydrogen-bond acceptors (Lipinski definition) is 2. The van der Waals surface area contributed by atoms with E-state index in [9.17, 15) is 10.1 Å². The van der Waals surface area contributed by atoms with Gasteiger partial charge in [0.25, 0.3) is 4.45 Å². The van der Waals surface area contributed by atoms with Gasteiger partial charge in [0.2, 0.25) is 0 Å². The fraction of sp³-hybridized carbons (Fsp3) is 1.00. The van der Waals surface area contributed by atoms with Crippen LogP contribution in [0.4, 0.5) is 0 Å². The molecule has 46 valence electrons. The predicted molar refractivity (Wildman–Crippen MR) is 32.5 cm³/mol. The van der Waals surface area contributed by atoms with Gasteiger partial charge in [0.15, 0.2) is 0 Å². The lowest BCUT2D eigenvalue weighted by Gasteiger charge is -2.26. The molecular weight excluding hydrogens is 174 g/mol. The number of halogens is 1. The number of nitrogens with zero attached hydrogens (tertiary/aromatic N) is 1. The van der Waals surface area contributed by atoms with Crippen molar-refractivity contribution < 1.29 is 4.92 Å². The summed E-state index contributed by atoms with van der Waals surface area (Å²) in [6.07, 6.45) is 2.34. The van der Waals surface area contributed by atoms with E-state index in [2.05, 4.69) is 15.9 Å². The Labute approximate surface area is 55.3 Å². The molecule has 1 aliphatic carbocycles. The average Bonchev–Trinajstić information content (AvgIpc) is 1.60. The number of hydrogen-bond donors (Lipinski definition) is 0. The van der Waals surface area contributed by atoms with Crippen LogP contribution in [0, 0.1) is 10.1 Å². The molecule has 0 atom stereocenters. The minimum absolute atomic E-state index is 0.253. The van der Waals surface area contributed by atoms with Crippen molar-refractivity contribution in [3.63, 3.8) is 0 Å². The Kier molecular flexibility index (Phi) is 1.27. The summed E-state index contributed by atoms with van der Waals surface area (Å²) in [5.41, 5.74) is 0. The minimum atomic E-state index is -0.743. The van der Waals surface area contributed by atoms with Crippen molar-refractivity contribution in [3.05, 3.63) is 10.1 Å². The van der Waals surface area contributed by atoms with Crippen LogP contribution >= 0.6 is 15.9 Å². The van der Waals surface area contributed by atoms with Crippen LogP contribution in [0.15, 0.2) is 0 Å². The van der Waals surface area contributed by atoms with Crippen LogP contribution in [0.5, 0.6) is 0 Å². The second kappa shape index (κ2) is 1.69. The fourth-order valence-electron chi connectivity index (χ4n) is 0.651. The van der Waals surface area contributed by atoms with Gasteiger partial charge in [-0.3, -0.25) is 10.1 Å². The van der Waals surface area contributed by atoms with Gasteiger partial charge in [-0.1, -0.05) is 0 Å². The largest absolute Gasteiger partial charge is 0.274 e. The van der Waals surface area contributed by atoms with Crippen molar-refractivity contribution in [2.75, 3.05) is 0 Å². The quantitative estimate of drug-likeness (QED) is 0.266. The molecule has 1 rings (SSSR count). The van der Waals surface area contributed by atoms with Crippen molar-refractivity contribution in [3.8, 4) is 0 Å². The molecule has 3 nitrogen and oxygen atoms in total. The van der Waals surface area contributed by atoms with E-state index in [0.29, 0.717) is 12.8 Å². The molecule has 0 saturated heterocycles. The zero-order valence-corrected chi connectivity index (χ0v) is 5.85. The summed E-state index contributed by atoms with van der Waals surface area (Å²) < 4.78 is -0.743. The van der Waals surface area contributed by atoms with Crippen LogP contribution < -0.4 is 0 Å². The molecule has 0 aromatic rings. The molecule has 0 aromatic heterocycles. The zero-order valence-electron chi connectivity index (χ0n) is 4.26. The summed E-state index contributed by atoms with van der Waals surface area (Å²) >= 11 is 3.03. The maximum Gasteiger partial charge on any atom is 0.274 e. The van der Waals surface area contributed by atoms with Crippen LogP contribution in [0.1, 0.15) is 19.3 Å². The molecule has 0 aromatic carbocycles. The fourth-order valence-corrected chi connectivity index (χ4v) is 1.21. The van der Waals surface area contributed by atoms with Crippen LogP contribution in [-0.4, -0.2) is 9.37 Å². The Hall–Kier alpha value is -0.120. The predicted octanol–water partition coefficient (Wildman–Crippen LogP) is 1.54. The zero-order chi connectivity index (χ0) is 6.20. The van der Waals surface area contributed by atoms with Crippen LogP contribution in [-0.2, 0) is 0 Å². The average molecular weight is 180 g/mol. The molecule has 0 unspecified atom stereocenters. The van der Waals surface area contributed by atoms with E-state index in [4.69, 9.17) is 0 Å². The first-order valence-electron chi connectivity index (χ1n) is 2.48. The number of rotatable bonds is 1. The Bertz CT molecular complexity index is 121. The standard InChI is InChI=1S/C4H6BrNO2/c5-4(6(7)8)2-1-3-4/h1-3H2. The van der Waals surface area contributed by atoms with Crippen molar-refractivity contribution in [2.24, 2.45) is 0 Å². The summed E-state index contributed by atoms with van der Waals surface area (Å²) in [5.74, 6) is 0. The first kappa shape index (κ1) is 6.01. The Morgan fingerprint density at radius 1 is 1.62 bits per heavy atom. The van der Waals surface area contributed by atoms with Crippen molar-refractivity contribution in [1.29, 1.82) is 0 Å². The maximum absolute atomic E-state index is 10.1. The highest BCUT2D eigenvalue weighted by Gasteiger charge is 2.46. The minimum Gasteiger partial charge on any atom is -0.263 e. The number of alkyl halides is 1. The topological polar surface area (TPSA) is 43.1 Å². The van der Waals surface area contributed by atoms with Crippen LogP contribution in [0.3, 0.4) is 0 Å². The molecule has 0 aliphatic heterocycles. The smallest absolute Gasteiger partial charge is 0.263 e. The van der Waals surface area contributed by atoms with Crippen molar-refractivity contribution in [2.45, 2.75) is 23.7 Å². The van der Waals surface area contributed by atoms with E-state index in [0.717, 1.165) is 6.42 Å². The summed E-state index contributed by atoms with van der Waals surface area (Å²) in [7, 11) is 0. The lowest BCUT2D eigenvalue weighted by atomic mass is 9.94. The lowest BCUT2D eigenvalue weighted by Crippen LogP contribution is -2.38. The molecule has 0 spiro atoms. The molecule has 8 heavy (non-hydrogen) atoms. The van der Waals surface area contributed by atoms with Gasteiger partial charge in [-0.2, -0.15) is 0 Å². The number of nitro groups is 1. The van der Waals surface area contributed by atoms with E-state index in [1.54, 1.807) is 0 Å². The van der Waals surface area contributed by atoms with Gasteiger partial charge >= 0.3 is 0 Å².